The molecule has 3 aromatic carbocycles. The summed E-state index contributed by atoms with van der Waals surface area (Å²) in [5.74, 6) is 0.814. The molecule has 0 unspecified atom stereocenters. The fraction of sp³-hybridized carbons (Fsp3) is 0.321. The van der Waals surface area contributed by atoms with Gasteiger partial charge in [0.05, 0.1) is 30.8 Å². The molecule has 0 aromatic heterocycles. The Hall–Kier alpha value is -3.23. The summed E-state index contributed by atoms with van der Waals surface area (Å²) in [5, 5.41) is 3.27. The first kappa shape index (κ1) is 28.3. The van der Waals surface area contributed by atoms with Crippen LogP contribution in [0.4, 0.5) is 5.69 Å². The lowest BCUT2D eigenvalue weighted by molar-refractivity contribution is -0.120. The number of hydrogen-bond donors (Lipinski definition) is 1. The van der Waals surface area contributed by atoms with Crippen LogP contribution in [0.15, 0.2) is 65.6 Å². The van der Waals surface area contributed by atoms with Crippen LogP contribution >= 0.6 is 11.6 Å². The first-order valence-corrected chi connectivity index (χ1v) is 13.7. The van der Waals surface area contributed by atoms with Gasteiger partial charge in [0.25, 0.3) is 10.0 Å². The minimum atomic E-state index is -4.12. The SMILES string of the molecule is COc1cc(C)c([C@@H](C)NC(=O)CN(c2cc(Cl)ccc2OC)S(=O)(=O)c2ccccc2)cc1C(C)C. The van der Waals surface area contributed by atoms with Crippen molar-refractivity contribution in [2.24, 2.45) is 0 Å². The molecule has 0 radical (unpaired) electrons. The molecule has 0 fully saturated rings. The van der Waals surface area contributed by atoms with Gasteiger partial charge in [-0.25, -0.2) is 8.42 Å². The standard InChI is InChI=1S/C28H33ClN2O5S/c1-18(2)23-16-24(19(3)14-27(23)36-6)20(4)30-28(32)17-31(25-15-21(29)12-13-26(25)35-5)37(33,34)22-10-8-7-9-11-22/h7-16,18,20H,17H2,1-6H3,(H,30,32)/t20-/m1/s1. The van der Waals surface area contributed by atoms with E-state index in [1.54, 1.807) is 37.4 Å². The van der Waals surface area contributed by atoms with Gasteiger partial charge in [-0.3, -0.25) is 9.10 Å². The Morgan fingerprint density at radius 1 is 0.946 bits per heavy atom. The zero-order valence-corrected chi connectivity index (χ0v) is 23.5. The smallest absolute Gasteiger partial charge is 0.264 e. The van der Waals surface area contributed by atoms with Crippen LogP contribution in [-0.4, -0.2) is 35.1 Å². The van der Waals surface area contributed by atoms with Gasteiger partial charge in [0, 0.05) is 5.02 Å². The quantitative estimate of drug-likeness (QED) is 0.345. The molecule has 1 amide bonds. The average Bonchev–Trinajstić information content (AvgIpc) is 2.87. The molecule has 198 valence electrons. The number of rotatable bonds is 10. The zero-order valence-electron chi connectivity index (χ0n) is 21.9. The van der Waals surface area contributed by atoms with E-state index in [1.807, 2.05) is 26.0 Å². The summed E-state index contributed by atoms with van der Waals surface area (Å²) >= 11 is 6.21. The fourth-order valence-corrected chi connectivity index (χ4v) is 5.79. The molecule has 0 aliphatic rings. The molecule has 37 heavy (non-hydrogen) atoms. The van der Waals surface area contributed by atoms with E-state index < -0.39 is 22.5 Å². The summed E-state index contributed by atoms with van der Waals surface area (Å²) < 4.78 is 39.3. The van der Waals surface area contributed by atoms with Gasteiger partial charge in [0.15, 0.2) is 0 Å². The van der Waals surface area contributed by atoms with E-state index in [4.69, 9.17) is 21.1 Å². The molecule has 0 heterocycles. The van der Waals surface area contributed by atoms with Crippen molar-refractivity contribution in [3.05, 3.63) is 82.4 Å². The lowest BCUT2D eigenvalue weighted by atomic mass is 9.93. The molecule has 0 aliphatic heterocycles. The van der Waals surface area contributed by atoms with E-state index in [0.29, 0.717) is 5.02 Å². The van der Waals surface area contributed by atoms with E-state index in [0.717, 1.165) is 26.7 Å². The van der Waals surface area contributed by atoms with Crippen LogP contribution in [0.2, 0.25) is 5.02 Å². The Balaban J connectivity index is 1.97. The molecule has 3 aromatic rings. The predicted octanol–water partition coefficient (Wildman–Crippen LogP) is 5.86. The molecule has 0 saturated carbocycles. The minimum absolute atomic E-state index is 0.0467. The van der Waals surface area contributed by atoms with Crippen molar-refractivity contribution < 1.29 is 22.7 Å². The second-order valence-corrected chi connectivity index (χ2v) is 11.3. The van der Waals surface area contributed by atoms with Gasteiger partial charge in [0.1, 0.15) is 18.0 Å². The van der Waals surface area contributed by atoms with Crippen LogP contribution in [0.5, 0.6) is 11.5 Å². The number of carbonyl (C=O) groups excluding carboxylic acids is 1. The Morgan fingerprint density at radius 3 is 2.19 bits per heavy atom. The predicted molar refractivity (Wildman–Crippen MR) is 147 cm³/mol. The van der Waals surface area contributed by atoms with Crippen molar-refractivity contribution in [2.75, 3.05) is 25.1 Å². The monoisotopic (exact) mass is 544 g/mol. The summed E-state index contributed by atoms with van der Waals surface area (Å²) in [7, 11) is -1.05. The molecule has 0 aliphatic carbocycles. The van der Waals surface area contributed by atoms with E-state index >= 15 is 0 Å². The van der Waals surface area contributed by atoms with Crippen molar-refractivity contribution in [3.63, 3.8) is 0 Å². The number of sulfonamides is 1. The van der Waals surface area contributed by atoms with E-state index in [9.17, 15) is 13.2 Å². The second-order valence-electron chi connectivity index (χ2n) is 9.04. The number of hydrogen-bond acceptors (Lipinski definition) is 5. The maximum atomic E-state index is 13.7. The van der Waals surface area contributed by atoms with Gasteiger partial charge < -0.3 is 14.8 Å². The van der Waals surface area contributed by atoms with Crippen LogP contribution in [0.3, 0.4) is 0 Å². The summed E-state index contributed by atoms with van der Waals surface area (Å²) in [6.45, 7) is 7.50. The molecular weight excluding hydrogens is 512 g/mol. The molecule has 3 rings (SSSR count). The number of halogens is 1. The number of benzene rings is 3. The van der Waals surface area contributed by atoms with Crippen molar-refractivity contribution in [2.45, 2.75) is 44.6 Å². The molecule has 0 spiro atoms. The Morgan fingerprint density at radius 2 is 1.59 bits per heavy atom. The largest absolute Gasteiger partial charge is 0.496 e. The van der Waals surface area contributed by atoms with Gasteiger partial charge in [-0.2, -0.15) is 0 Å². The number of methoxy groups -OCH3 is 2. The molecule has 0 bridgehead atoms. The minimum Gasteiger partial charge on any atom is -0.496 e. The Bertz CT molecular complexity index is 1360. The average molecular weight is 545 g/mol. The van der Waals surface area contributed by atoms with Crippen molar-refractivity contribution >= 4 is 33.2 Å². The number of anilines is 1. The summed E-state index contributed by atoms with van der Waals surface area (Å²) in [5.41, 5.74) is 3.08. The van der Waals surface area contributed by atoms with E-state index in [-0.39, 0.29) is 28.3 Å². The third-order valence-corrected chi connectivity index (χ3v) is 8.12. The Kier molecular flexibility index (Phi) is 9.10. The first-order valence-electron chi connectivity index (χ1n) is 11.9. The summed E-state index contributed by atoms with van der Waals surface area (Å²) in [4.78, 5) is 13.4. The van der Waals surface area contributed by atoms with Crippen LogP contribution < -0.4 is 19.1 Å². The highest BCUT2D eigenvalue weighted by atomic mass is 35.5. The molecule has 7 nitrogen and oxygen atoms in total. The maximum Gasteiger partial charge on any atom is 0.264 e. The second kappa shape index (κ2) is 11.9. The number of nitrogens with zero attached hydrogens (tertiary/aromatic N) is 1. The van der Waals surface area contributed by atoms with Gasteiger partial charge in [-0.05, 0) is 78.9 Å². The zero-order chi connectivity index (χ0) is 27.3. The number of carbonyl (C=O) groups is 1. The molecule has 1 N–H and O–H groups in total. The third kappa shape index (κ3) is 6.37. The number of amides is 1. The fourth-order valence-electron chi connectivity index (χ4n) is 4.18. The van der Waals surface area contributed by atoms with Gasteiger partial charge in [0.2, 0.25) is 5.91 Å². The van der Waals surface area contributed by atoms with Crippen molar-refractivity contribution in [1.29, 1.82) is 0 Å². The normalized spacial score (nSPS) is 12.2. The summed E-state index contributed by atoms with van der Waals surface area (Å²) in [6.07, 6.45) is 0. The number of aryl methyl sites for hydroxylation is 1. The molecular formula is C28H33ClN2O5S. The summed E-state index contributed by atoms with van der Waals surface area (Å²) in [6, 6.07) is 16.2. The number of ether oxygens (including phenoxy) is 2. The van der Waals surface area contributed by atoms with Crippen molar-refractivity contribution in [1.82, 2.24) is 5.32 Å². The third-order valence-electron chi connectivity index (χ3n) is 6.11. The van der Waals surface area contributed by atoms with Gasteiger partial charge in [-0.1, -0.05) is 43.6 Å². The van der Waals surface area contributed by atoms with E-state index in [1.165, 1.54) is 25.3 Å². The lowest BCUT2D eigenvalue weighted by Gasteiger charge is -2.27. The van der Waals surface area contributed by atoms with Crippen LogP contribution in [0.25, 0.3) is 0 Å². The molecule has 9 heteroatoms. The van der Waals surface area contributed by atoms with E-state index in [2.05, 4.69) is 19.2 Å². The molecule has 0 saturated heterocycles. The highest BCUT2D eigenvalue weighted by molar-refractivity contribution is 7.92. The maximum absolute atomic E-state index is 13.7. The van der Waals surface area contributed by atoms with Gasteiger partial charge >= 0.3 is 0 Å². The van der Waals surface area contributed by atoms with Crippen molar-refractivity contribution in [3.8, 4) is 11.5 Å². The topological polar surface area (TPSA) is 84.9 Å². The van der Waals surface area contributed by atoms with Crippen LogP contribution in [-0.2, 0) is 14.8 Å². The highest BCUT2D eigenvalue weighted by Crippen LogP contribution is 2.35. The number of nitrogens with one attached hydrogen (secondary N) is 1. The van der Waals surface area contributed by atoms with Gasteiger partial charge in [-0.15, -0.1) is 0 Å². The van der Waals surface area contributed by atoms with Crippen LogP contribution in [0, 0.1) is 6.92 Å². The Labute approximate surface area is 224 Å². The highest BCUT2D eigenvalue weighted by Gasteiger charge is 2.30. The van der Waals surface area contributed by atoms with Crippen LogP contribution in [0.1, 0.15) is 49.4 Å². The molecule has 1 atom stereocenters. The lowest BCUT2D eigenvalue weighted by Crippen LogP contribution is -2.41. The first-order chi connectivity index (χ1) is 17.5.